The maximum Gasteiger partial charge on any atom is 0.261 e. The molecule has 30 heavy (non-hydrogen) atoms. The monoisotopic (exact) mass is 398 g/mol. The molecular weight excluding hydrogens is 380 g/mol. The molecule has 1 N–H and O–H groups in total. The van der Waals surface area contributed by atoms with E-state index >= 15 is 0 Å². The Kier molecular flexibility index (Phi) is 4.98. The van der Waals surface area contributed by atoms with Gasteiger partial charge in [0.05, 0.1) is 17.7 Å². The average Bonchev–Trinajstić information content (AvgIpc) is 2.99. The van der Waals surface area contributed by atoms with Crippen LogP contribution in [0.15, 0.2) is 72.8 Å². The van der Waals surface area contributed by atoms with Crippen LogP contribution in [0.3, 0.4) is 0 Å². The molecule has 3 amide bonds. The van der Waals surface area contributed by atoms with E-state index in [2.05, 4.69) is 5.32 Å². The van der Waals surface area contributed by atoms with Crippen LogP contribution in [0.25, 0.3) is 0 Å². The van der Waals surface area contributed by atoms with Gasteiger partial charge in [-0.05, 0) is 55.0 Å². The highest BCUT2D eigenvalue weighted by Gasteiger charge is 2.35. The molecule has 0 unspecified atom stereocenters. The van der Waals surface area contributed by atoms with Crippen molar-refractivity contribution >= 4 is 29.2 Å². The SMILES string of the molecule is CC(=O)c1ccc(NC(=O)c2ccccc2CN2C(=O)c3ccccc3C2=O)cc1. The van der Waals surface area contributed by atoms with E-state index in [4.69, 9.17) is 0 Å². The molecule has 3 aromatic rings. The van der Waals surface area contributed by atoms with Gasteiger partial charge in [0.1, 0.15) is 0 Å². The molecule has 3 aromatic carbocycles. The molecule has 0 radical (unpaired) electrons. The molecule has 6 nitrogen and oxygen atoms in total. The van der Waals surface area contributed by atoms with E-state index in [1.54, 1.807) is 72.8 Å². The van der Waals surface area contributed by atoms with Gasteiger partial charge < -0.3 is 5.32 Å². The molecule has 148 valence electrons. The summed E-state index contributed by atoms with van der Waals surface area (Å²) in [4.78, 5) is 50.7. The fraction of sp³-hybridized carbons (Fsp3) is 0.0833. The molecule has 1 aliphatic rings. The third-order valence-electron chi connectivity index (χ3n) is 5.02. The fourth-order valence-corrected chi connectivity index (χ4v) is 3.42. The van der Waals surface area contributed by atoms with Gasteiger partial charge in [-0.25, -0.2) is 0 Å². The number of carbonyl (C=O) groups excluding carboxylic acids is 4. The number of hydrogen-bond donors (Lipinski definition) is 1. The largest absolute Gasteiger partial charge is 0.322 e. The van der Waals surface area contributed by atoms with Crippen molar-refractivity contribution in [2.75, 3.05) is 5.32 Å². The number of amides is 3. The number of ketones is 1. The zero-order valence-corrected chi connectivity index (χ0v) is 16.2. The van der Waals surface area contributed by atoms with Gasteiger partial charge in [0, 0.05) is 16.8 Å². The Morgan fingerprint density at radius 1 is 0.800 bits per heavy atom. The number of fused-ring (bicyclic) bond motifs is 1. The van der Waals surface area contributed by atoms with Crippen molar-refractivity contribution in [3.05, 3.63) is 101 Å². The molecule has 6 heteroatoms. The van der Waals surface area contributed by atoms with Crippen molar-refractivity contribution in [2.45, 2.75) is 13.5 Å². The topological polar surface area (TPSA) is 83.6 Å². The number of nitrogens with zero attached hydrogens (tertiary/aromatic N) is 1. The summed E-state index contributed by atoms with van der Waals surface area (Å²) < 4.78 is 0. The molecule has 1 aliphatic heterocycles. The second-order valence-electron chi connectivity index (χ2n) is 6.99. The van der Waals surface area contributed by atoms with Crippen LogP contribution in [-0.4, -0.2) is 28.4 Å². The molecule has 0 saturated carbocycles. The van der Waals surface area contributed by atoms with Crippen LogP contribution < -0.4 is 5.32 Å². The smallest absolute Gasteiger partial charge is 0.261 e. The lowest BCUT2D eigenvalue weighted by Gasteiger charge is -2.16. The Bertz CT molecular complexity index is 1150. The van der Waals surface area contributed by atoms with E-state index in [9.17, 15) is 19.2 Å². The van der Waals surface area contributed by atoms with Gasteiger partial charge in [0.2, 0.25) is 0 Å². The first-order valence-corrected chi connectivity index (χ1v) is 9.41. The van der Waals surface area contributed by atoms with Gasteiger partial charge in [-0.1, -0.05) is 30.3 Å². The van der Waals surface area contributed by atoms with E-state index in [0.29, 0.717) is 33.5 Å². The third-order valence-corrected chi connectivity index (χ3v) is 5.02. The highest BCUT2D eigenvalue weighted by molar-refractivity contribution is 6.21. The van der Waals surface area contributed by atoms with E-state index in [1.165, 1.54) is 6.92 Å². The predicted molar refractivity (Wildman–Crippen MR) is 111 cm³/mol. The van der Waals surface area contributed by atoms with Crippen LogP contribution in [-0.2, 0) is 6.54 Å². The van der Waals surface area contributed by atoms with Crippen molar-refractivity contribution in [3.63, 3.8) is 0 Å². The van der Waals surface area contributed by atoms with E-state index in [0.717, 1.165) is 4.90 Å². The Morgan fingerprint density at radius 3 is 1.97 bits per heavy atom. The van der Waals surface area contributed by atoms with Crippen LogP contribution in [0.1, 0.15) is 53.9 Å². The van der Waals surface area contributed by atoms with E-state index < -0.39 is 0 Å². The molecule has 0 aliphatic carbocycles. The Hall–Kier alpha value is -4.06. The minimum absolute atomic E-state index is 0.000779. The minimum atomic E-state index is -0.370. The maximum absolute atomic E-state index is 12.8. The third kappa shape index (κ3) is 3.51. The van der Waals surface area contributed by atoms with E-state index in [-0.39, 0.29) is 30.0 Å². The molecule has 0 spiro atoms. The van der Waals surface area contributed by atoms with Crippen molar-refractivity contribution in [2.24, 2.45) is 0 Å². The zero-order chi connectivity index (χ0) is 21.3. The summed E-state index contributed by atoms with van der Waals surface area (Å²) >= 11 is 0. The Balaban J connectivity index is 1.56. The number of nitrogens with one attached hydrogen (secondary N) is 1. The number of rotatable bonds is 5. The summed E-state index contributed by atoms with van der Waals surface area (Å²) in [5.41, 5.74) is 2.76. The van der Waals surface area contributed by atoms with E-state index in [1.807, 2.05) is 0 Å². The maximum atomic E-state index is 12.8. The van der Waals surface area contributed by atoms with Crippen LogP contribution in [0.5, 0.6) is 0 Å². The molecular formula is C24H18N2O4. The summed E-state index contributed by atoms with van der Waals surface area (Å²) in [7, 11) is 0. The van der Waals surface area contributed by atoms with Crippen LogP contribution >= 0.6 is 0 Å². The highest BCUT2D eigenvalue weighted by atomic mass is 16.2. The standard InChI is InChI=1S/C24H18N2O4/c1-15(27)16-10-12-18(13-11-16)25-22(28)19-7-3-2-6-17(19)14-26-23(29)20-8-4-5-9-21(20)24(26)30/h2-13H,14H2,1H3,(H,25,28). The van der Waals surface area contributed by atoms with Gasteiger partial charge in [-0.3, -0.25) is 24.1 Å². The molecule has 4 rings (SSSR count). The lowest BCUT2D eigenvalue weighted by Crippen LogP contribution is -2.30. The second-order valence-corrected chi connectivity index (χ2v) is 6.99. The van der Waals surface area contributed by atoms with Gasteiger partial charge in [0.25, 0.3) is 17.7 Å². The number of carbonyl (C=O) groups is 4. The number of benzene rings is 3. The number of anilines is 1. The first-order valence-electron chi connectivity index (χ1n) is 9.41. The summed E-state index contributed by atoms with van der Waals surface area (Å²) in [5.74, 6) is -1.16. The molecule has 1 heterocycles. The minimum Gasteiger partial charge on any atom is -0.322 e. The normalized spacial score (nSPS) is 12.6. The summed E-state index contributed by atoms with van der Waals surface area (Å²) in [5, 5.41) is 2.79. The summed E-state index contributed by atoms with van der Waals surface area (Å²) in [6, 6.07) is 20.1. The van der Waals surface area contributed by atoms with Crippen LogP contribution in [0.2, 0.25) is 0 Å². The number of hydrogen-bond acceptors (Lipinski definition) is 4. The number of Topliss-reactive ketones (excluding diaryl/α,β-unsaturated/α-hetero) is 1. The molecule has 0 saturated heterocycles. The van der Waals surface area contributed by atoms with Gasteiger partial charge in [-0.15, -0.1) is 0 Å². The lowest BCUT2D eigenvalue weighted by atomic mass is 10.1. The summed E-state index contributed by atoms with van der Waals surface area (Å²) in [6.07, 6.45) is 0. The predicted octanol–water partition coefficient (Wildman–Crippen LogP) is 3.94. The van der Waals surface area contributed by atoms with Crippen molar-refractivity contribution in [1.82, 2.24) is 4.90 Å². The average molecular weight is 398 g/mol. The van der Waals surface area contributed by atoms with Crippen LogP contribution in [0.4, 0.5) is 5.69 Å². The highest BCUT2D eigenvalue weighted by Crippen LogP contribution is 2.25. The molecule has 0 bridgehead atoms. The molecule has 0 fully saturated rings. The lowest BCUT2D eigenvalue weighted by molar-refractivity contribution is 0.0640. The van der Waals surface area contributed by atoms with Gasteiger partial charge >= 0.3 is 0 Å². The first kappa shape index (κ1) is 19.3. The van der Waals surface area contributed by atoms with Crippen LogP contribution in [0, 0.1) is 0 Å². The fourth-order valence-electron chi connectivity index (χ4n) is 3.42. The second kappa shape index (κ2) is 7.75. The van der Waals surface area contributed by atoms with Gasteiger partial charge in [-0.2, -0.15) is 0 Å². The zero-order valence-electron chi connectivity index (χ0n) is 16.2. The van der Waals surface area contributed by atoms with Crippen molar-refractivity contribution in [3.8, 4) is 0 Å². The molecule has 0 atom stereocenters. The first-order chi connectivity index (χ1) is 14.5. The summed E-state index contributed by atoms with van der Waals surface area (Å²) in [6.45, 7) is 1.47. The molecule has 0 aromatic heterocycles. The Morgan fingerprint density at radius 2 is 1.37 bits per heavy atom. The Labute approximate surface area is 173 Å². The van der Waals surface area contributed by atoms with Crippen molar-refractivity contribution < 1.29 is 19.2 Å². The van der Waals surface area contributed by atoms with Crippen molar-refractivity contribution in [1.29, 1.82) is 0 Å². The van der Waals surface area contributed by atoms with Gasteiger partial charge in [0.15, 0.2) is 5.78 Å². The number of imide groups is 1. The quantitative estimate of drug-likeness (QED) is 0.521.